The molecule has 0 atom stereocenters. The van der Waals surface area contributed by atoms with Crippen molar-refractivity contribution in [3.05, 3.63) is 33.8 Å². The van der Waals surface area contributed by atoms with Crippen molar-refractivity contribution in [2.45, 2.75) is 39.5 Å². The first-order valence-electron chi connectivity index (χ1n) is 6.15. The number of nitrogens with one attached hydrogen (secondary N) is 1. The molecule has 1 aromatic rings. The molecule has 0 saturated heterocycles. The Bertz CT molecular complexity index is 376. The van der Waals surface area contributed by atoms with Crippen LogP contribution in [0.2, 0.25) is 0 Å². The first-order chi connectivity index (χ1) is 8.13. The van der Waals surface area contributed by atoms with E-state index in [-0.39, 0.29) is 5.91 Å². The third-order valence-corrected chi connectivity index (χ3v) is 3.58. The van der Waals surface area contributed by atoms with Crippen LogP contribution in [0.3, 0.4) is 0 Å². The number of rotatable bonds is 6. The van der Waals surface area contributed by atoms with Crippen molar-refractivity contribution in [3.63, 3.8) is 0 Å². The minimum absolute atomic E-state index is 0.114. The monoisotopic (exact) mass is 297 g/mol. The fraction of sp³-hybridized carbons (Fsp3) is 0.500. The van der Waals surface area contributed by atoms with E-state index in [0.29, 0.717) is 6.42 Å². The summed E-state index contributed by atoms with van der Waals surface area (Å²) >= 11 is 3.45. The lowest BCUT2D eigenvalue weighted by atomic mass is 10.1. The molecule has 2 nitrogen and oxygen atoms in total. The Kier molecular flexibility index (Phi) is 6.27. The largest absolute Gasteiger partial charge is 0.356 e. The van der Waals surface area contributed by atoms with Crippen LogP contribution in [0.25, 0.3) is 0 Å². The highest BCUT2D eigenvalue weighted by molar-refractivity contribution is 9.10. The third-order valence-electron chi connectivity index (χ3n) is 2.69. The molecular weight excluding hydrogens is 278 g/mol. The second kappa shape index (κ2) is 7.49. The lowest BCUT2D eigenvalue weighted by Crippen LogP contribution is -2.26. The van der Waals surface area contributed by atoms with Crippen molar-refractivity contribution >= 4 is 21.8 Å². The molecule has 0 spiro atoms. The molecule has 1 aromatic carbocycles. The van der Waals surface area contributed by atoms with Gasteiger partial charge in [0.15, 0.2) is 0 Å². The topological polar surface area (TPSA) is 29.1 Å². The minimum Gasteiger partial charge on any atom is -0.356 e. The van der Waals surface area contributed by atoms with Crippen molar-refractivity contribution < 1.29 is 4.79 Å². The van der Waals surface area contributed by atoms with Gasteiger partial charge in [-0.2, -0.15) is 0 Å². The number of benzene rings is 1. The Labute approximate surface area is 112 Å². The molecule has 17 heavy (non-hydrogen) atoms. The van der Waals surface area contributed by atoms with Crippen molar-refractivity contribution in [2.24, 2.45) is 0 Å². The van der Waals surface area contributed by atoms with E-state index in [1.165, 1.54) is 18.4 Å². The predicted octanol–water partition coefficient (Wildman–Crippen LogP) is 3.61. The van der Waals surface area contributed by atoms with Gasteiger partial charge in [0.05, 0.1) is 6.42 Å². The molecule has 0 saturated carbocycles. The van der Waals surface area contributed by atoms with Gasteiger partial charge in [0.25, 0.3) is 0 Å². The summed E-state index contributed by atoms with van der Waals surface area (Å²) in [6, 6.07) is 6.04. The summed E-state index contributed by atoms with van der Waals surface area (Å²) in [6.45, 7) is 4.99. The molecular formula is C14H20BrNO. The maximum Gasteiger partial charge on any atom is 0.224 e. The molecule has 0 heterocycles. The normalized spacial score (nSPS) is 10.3. The van der Waals surface area contributed by atoms with Gasteiger partial charge in [-0.1, -0.05) is 47.8 Å². The SMILES string of the molecule is CCCCCNC(=O)Cc1ccc(Br)c(C)c1. The predicted molar refractivity (Wildman–Crippen MR) is 75.1 cm³/mol. The molecule has 0 unspecified atom stereocenters. The summed E-state index contributed by atoms with van der Waals surface area (Å²) in [4.78, 5) is 11.6. The van der Waals surface area contributed by atoms with E-state index in [2.05, 4.69) is 34.2 Å². The Balaban J connectivity index is 2.37. The van der Waals surface area contributed by atoms with E-state index in [9.17, 15) is 4.79 Å². The molecule has 94 valence electrons. The van der Waals surface area contributed by atoms with Gasteiger partial charge in [-0.15, -0.1) is 0 Å². The smallest absolute Gasteiger partial charge is 0.224 e. The number of hydrogen-bond donors (Lipinski definition) is 1. The maximum atomic E-state index is 11.6. The first-order valence-corrected chi connectivity index (χ1v) is 6.94. The average molecular weight is 298 g/mol. The van der Waals surface area contributed by atoms with Crippen LogP contribution in [0, 0.1) is 6.92 Å². The van der Waals surface area contributed by atoms with Crippen LogP contribution in [0.15, 0.2) is 22.7 Å². The summed E-state index contributed by atoms with van der Waals surface area (Å²) in [6.07, 6.45) is 3.90. The highest BCUT2D eigenvalue weighted by Gasteiger charge is 2.04. The summed E-state index contributed by atoms with van der Waals surface area (Å²) in [5, 5.41) is 2.95. The first kappa shape index (κ1) is 14.2. The number of halogens is 1. The Morgan fingerprint density at radius 3 is 2.76 bits per heavy atom. The second-order valence-electron chi connectivity index (χ2n) is 4.32. The van der Waals surface area contributed by atoms with E-state index < -0.39 is 0 Å². The van der Waals surface area contributed by atoms with Crippen molar-refractivity contribution in [2.75, 3.05) is 6.54 Å². The summed E-state index contributed by atoms with van der Waals surface area (Å²) in [5.41, 5.74) is 2.24. The molecule has 0 aromatic heterocycles. The van der Waals surface area contributed by atoms with Crippen LogP contribution in [0.1, 0.15) is 37.3 Å². The molecule has 1 N–H and O–H groups in total. The van der Waals surface area contributed by atoms with Gasteiger partial charge in [-0.3, -0.25) is 4.79 Å². The molecule has 1 rings (SSSR count). The molecule has 0 aliphatic rings. The number of unbranched alkanes of at least 4 members (excludes halogenated alkanes) is 2. The molecule has 0 radical (unpaired) electrons. The van der Waals surface area contributed by atoms with Gasteiger partial charge < -0.3 is 5.32 Å². The molecule has 1 amide bonds. The zero-order valence-corrected chi connectivity index (χ0v) is 12.1. The fourth-order valence-corrected chi connectivity index (χ4v) is 1.91. The lowest BCUT2D eigenvalue weighted by molar-refractivity contribution is -0.120. The average Bonchev–Trinajstić information content (AvgIpc) is 2.30. The van der Waals surface area contributed by atoms with Crippen LogP contribution in [-0.2, 0) is 11.2 Å². The van der Waals surface area contributed by atoms with Crippen LogP contribution in [0.5, 0.6) is 0 Å². The number of amides is 1. The molecule has 0 bridgehead atoms. The number of aryl methyl sites for hydroxylation is 1. The van der Waals surface area contributed by atoms with Gasteiger partial charge in [-0.05, 0) is 30.5 Å². The van der Waals surface area contributed by atoms with E-state index >= 15 is 0 Å². The van der Waals surface area contributed by atoms with E-state index in [1.807, 2.05) is 19.1 Å². The number of carbonyl (C=O) groups is 1. The number of hydrogen-bond acceptors (Lipinski definition) is 1. The van der Waals surface area contributed by atoms with E-state index in [1.54, 1.807) is 0 Å². The fourth-order valence-electron chi connectivity index (χ4n) is 1.67. The third kappa shape index (κ3) is 5.35. The van der Waals surface area contributed by atoms with Crippen molar-refractivity contribution in [1.29, 1.82) is 0 Å². The number of carbonyl (C=O) groups excluding carboxylic acids is 1. The molecule has 0 aliphatic carbocycles. The van der Waals surface area contributed by atoms with Gasteiger partial charge in [0.2, 0.25) is 5.91 Å². The van der Waals surface area contributed by atoms with Gasteiger partial charge in [-0.25, -0.2) is 0 Å². The Hall–Kier alpha value is -0.830. The van der Waals surface area contributed by atoms with Crippen LogP contribution < -0.4 is 5.32 Å². The van der Waals surface area contributed by atoms with Gasteiger partial charge in [0, 0.05) is 11.0 Å². The Morgan fingerprint density at radius 1 is 1.35 bits per heavy atom. The zero-order valence-electron chi connectivity index (χ0n) is 10.6. The summed E-state index contributed by atoms with van der Waals surface area (Å²) in [5.74, 6) is 0.114. The Morgan fingerprint density at radius 2 is 2.12 bits per heavy atom. The summed E-state index contributed by atoms with van der Waals surface area (Å²) in [7, 11) is 0. The van der Waals surface area contributed by atoms with Gasteiger partial charge >= 0.3 is 0 Å². The molecule has 0 aliphatic heterocycles. The van der Waals surface area contributed by atoms with E-state index in [4.69, 9.17) is 0 Å². The molecule has 3 heteroatoms. The zero-order chi connectivity index (χ0) is 12.7. The van der Waals surface area contributed by atoms with Crippen molar-refractivity contribution in [1.82, 2.24) is 5.32 Å². The standard InChI is InChI=1S/C14H20BrNO/c1-3-4-5-8-16-14(17)10-12-6-7-13(15)11(2)9-12/h6-7,9H,3-5,8,10H2,1-2H3,(H,16,17). The maximum absolute atomic E-state index is 11.6. The highest BCUT2D eigenvalue weighted by Crippen LogP contribution is 2.17. The van der Waals surface area contributed by atoms with Gasteiger partial charge in [0.1, 0.15) is 0 Å². The van der Waals surface area contributed by atoms with Crippen LogP contribution in [-0.4, -0.2) is 12.5 Å². The van der Waals surface area contributed by atoms with Crippen LogP contribution in [0.4, 0.5) is 0 Å². The quantitative estimate of drug-likeness (QED) is 0.799. The highest BCUT2D eigenvalue weighted by atomic mass is 79.9. The lowest BCUT2D eigenvalue weighted by Gasteiger charge is -2.06. The van der Waals surface area contributed by atoms with E-state index in [0.717, 1.165) is 23.0 Å². The van der Waals surface area contributed by atoms with Crippen LogP contribution >= 0.6 is 15.9 Å². The summed E-state index contributed by atoms with van der Waals surface area (Å²) < 4.78 is 1.09. The second-order valence-corrected chi connectivity index (χ2v) is 5.17. The molecule has 0 fully saturated rings. The van der Waals surface area contributed by atoms with Crippen molar-refractivity contribution in [3.8, 4) is 0 Å². The minimum atomic E-state index is 0.114.